The van der Waals surface area contributed by atoms with Crippen LogP contribution in [0.2, 0.25) is 0 Å². The number of hydrogen-bond acceptors (Lipinski definition) is 2. The Bertz CT molecular complexity index is 572. The van der Waals surface area contributed by atoms with Gasteiger partial charge in [0.2, 0.25) is 0 Å². The van der Waals surface area contributed by atoms with E-state index in [-0.39, 0.29) is 0 Å². The van der Waals surface area contributed by atoms with Gasteiger partial charge in [-0.25, -0.2) is 4.98 Å². The van der Waals surface area contributed by atoms with Gasteiger partial charge in [0.15, 0.2) is 0 Å². The molecule has 1 heterocycles. The fourth-order valence-electron chi connectivity index (χ4n) is 2.83. The van der Waals surface area contributed by atoms with Crippen LogP contribution in [-0.2, 0) is 19.4 Å². The molecule has 1 aromatic heterocycles. The van der Waals surface area contributed by atoms with Gasteiger partial charge in [-0.3, -0.25) is 0 Å². The fourth-order valence-corrected chi connectivity index (χ4v) is 2.83. The summed E-state index contributed by atoms with van der Waals surface area (Å²) in [4.78, 5) is 4.51. The highest BCUT2D eigenvalue weighted by molar-refractivity contribution is 5.31. The lowest BCUT2D eigenvalue weighted by Gasteiger charge is -2.19. The van der Waals surface area contributed by atoms with Crippen LogP contribution >= 0.6 is 0 Å². The zero-order chi connectivity index (χ0) is 15.2. The number of hydrogen-bond donors (Lipinski definition) is 1. The van der Waals surface area contributed by atoms with Crippen LogP contribution in [0.1, 0.15) is 36.4 Å². The number of nitrogens with zero attached hydrogens (tertiary/aromatic N) is 2. The number of imidazole rings is 1. The fraction of sp³-hybridized carbons (Fsp3) is 0.500. The third kappa shape index (κ3) is 4.18. The molecule has 0 fully saturated rings. The topological polar surface area (TPSA) is 29.9 Å². The van der Waals surface area contributed by atoms with E-state index in [4.69, 9.17) is 0 Å². The van der Waals surface area contributed by atoms with Crippen LogP contribution in [0.15, 0.2) is 30.6 Å². The Balaban J connectivity index is 2.13. The van der Waals surface area contributed by atoms with Crippen LogP contribution in [-0.4, -0.2) is 22.1 Å². The Labute approximate surface area is 128 Å². The van der Waals surface area contributed by atoms with E-state index < -0.39 is 0 Å². The van der Waals surface area contributed by atoms with Gasteiger partial charge in [0.1, 0.15) is 5.82 Å². The minimum atomic E-state index is 0.434. The molecular weight excluding hydrogens is 258 g/mol. The second-order valence-corrected chi connectivity index (χ2v) is 5.72. The van der Waals surface area contributed by atoms with E-state index >= 15 is 0 Å². The summed E-state index contributed by atoms with van der Waals surface area (Å²) in [6.45, 7) is 10.7. The van der Waals surface area contributed by atoms with E-state index in [0.29, 0.717) is 6.04 Å². The molecule has 1 aromatic carbocycles. The largest absolute Gasteiger partial charge is 0.335 e. The van der Waals surface area contributed by atoms with Crippen LogP contribution in [0.5, 0.6) is 0 Å². The predicted molar refractivity (Wildman–Crippen MR) is 88.7 cm³/mol. The van der Waals surface area contributed by atoms with Crippen LogP contribution in [0.4, 0.5) is 0 Å². The van der Waals surface area contributed by atoms with Crippen molar-refractivity contribution in [3.63, 3.8) is 0 Å². The highest BCUT2D eigenvalue weighted by atomic mass is 15.1. The minimum absolute atomic E-state index is 0.434. The molecule has 0 radical (unpaired) electrons. The van der Waals surface area contributed by atoms with Crippen molar-refractivity contribution >= 4 is 0 Å². The van der Waals surface area contributed by atoms with Crippen LogP contribution < -0.4 is 5.32 Å². The quantitative estimate of drug-likeness (QED) is 0.846. The molecule has 1 unspecified atom stereocenters. The molecule has 0 bridgehead atoms. The van der Waals surface area contributed by atoms with Crippen molar-refractivity contribution in [2.45, 2.75) is 53.1 Å². The summed E-state index contributed by atoms with van der Waals surface area (Å²) in [5.74, 6) is 1.17. The molecule has 2 aromatic rings. The van der Waals surface area contributed by atoms with Crippen LogP contribution in [0, 0.1) is 13.8 Å². The molecule has 0 amide bonds. The van der Waals surface area contributed by atoms with E-state index in [1.54, 1.807) is 0 Å². The summed E-state index contributed by atoms with van der Waals surface area (Å²) in [6.07, 6.45) is 6.00. The highest BCUT2D eigenvalue weighted by Crippen LogP contribution is 2.15. The molecule has 21 heavy (non-hydrogen) atoms. The van der Waals surface area contributed by atoms with Crippen LogP contribution in [0.3, 0.4) is 0 Å². The first-order chi connectivity index (χ1) is 10.1. The van der Waals surface area contributed by atoms with E-state index in [2.05, 4.69) is 67.0 Å². The first kappa shape index (κ1) is 15.8. The van der Waals surface area contributed by atoms with Crippen molar-refractivity contribution in [2.75, 3.05) is 6.54 Å². The Morgan fingerprint density at radius 1 is 1.19 bits per heavy atom. The molecule has 3 heteroatoms. The smallest absolute Gasteiger partial charge is 0.110 e. The zero-order valence-electron chi connectivity index (χ0n) is 13.7. The number of aromatic nitrogens is 2. The standard InChI is InChI=1S/C18H27N3/c1-5-19-17(13-18-20-9-10-21(18)6-2)12-16-11-14(3)7-8-15(16)4/h7-11,17,19H,5-6,12-13H2,1-4H3. The number of benzene rings is 1. The van der Waals surface area contributed by atoms with Gasteiger partial charge in [0, 0.05) is 31.4 Å². The summed E-state index contributed by atoms with van der Waals surface area (Å²) < 4.78 is 2.23. The first-order valence-corrected chi connectivity index (χ1v) is 7.93. The van der Waals surface area contributed by atoms with Gasteiger partial charge in [0.25, 0.3) is 0 Å². The maximum atomic E-state index is 4.51. The molecule has 1 atom stereocenters. The highest BCUT2D eigenvalue weighted by Gasteiger charge is 2.14. The van der Waals surface area contributed by atoms with Crippen molar-refractivity contribution in [3.05, 3.63) is 53.1 Å². The maximum Gasteiger partial charge on any atom is 0.110 e. The lowest BCUT2D eigenvalue weighted by atomic mass is 9.97. The van der Waals surface area contributed by atoms with E-state index in [1.807, 2.05) is 6.20 Å². The van der Waals surface area contributed by atoms with Gasteiger partial charge >= 0.3 is 0 Å². The van der Waals surface area contributed by atoms with Gasteiger partial charge in [-0.05, 0) is 44.9 Å². The summed E-state index contributed by atoms with van der Waals surface area (Å²) >= 11 is 0. The molecule has 0 aliphatic carbocycles. The molecule has 0 aliphatic rings. The summed E-state index contributed by atoms with van der Waals surface area (Å²) in [7, 11) is 0. The van der Waals surface area contributed by atoms with Gasteiger partial charge < -0.3 is 9.88 Å². The molecule has 1 N–H and O–H groups in total. The van der Waals surface area contributed by atoms with E-state index in [0.717, 1.165) is 25.9 Å². The molecule has 3 nitrogen and oxygen atoms in total. The molecule has 2 rings (SSSR count). The minimum Gasteiger partial charge on any atom is -0.335 e. The maximum absolute atomic E-state index is 4.51. The van der Waals surface area contributed by atoms with Gasteiger partial charge in [0.05, 0.1) is 0 Å². The van der Waals surface area contributed by atoms with Crippen molar-refractivity contribution in [1.29, 1.82) is 0 Å². The van der Waals surface area contributed by atoms with Gasteiger partial charge in [-0.2, -0.15) is 0 Å². The molecule has 0 spiro atoms. The van der Waals surface area contributed by atoms with Crippen molar-refractivity contribution in [1.82, 2.24) is 14.9 Å². The lowest BCUT2D eigenvalue weighted by molar-refractivity contribution is 0.498. The van der Waals surface area contributed by atoms with Gasteiger partial charge in [-0.1, -0.05) is 30.7 Å². The first-order valence-electron chi connectivity index (χ1n) is 7.93. The SMILES string of the molecule is CCNC(Cc1cc(C)ccc1C)Cc1nccn1CC. The monoisotopic (exact) mass is 285 g/mol. The third-order valence-corrected chi connectivity index (χ3v) is 4.04. The summed E-state index contributed by atoms with van der Waals surface area (Å²) in [5.41, 5.74) is 4.15. The summed E-state index contributed by atoms with van der Waals surface area (Å²) in [5, 5.41) is 3.61. The second kappa shape index (κ2) is 7.41. The number of rotatable bonds is 7. The molecule has 0 aliphatic heterocycles. The van der Waals surface area contributed by atoms with Crippen LogP contribution in [0.25, 0.3) is 0 Å². The molecular formula is C18H27N3. The Hall–Kier alpha value is -1.61. The normalized spacial score (nSPS) is 12.6. The molecule has 114 valence electrons. The zero-order valence-corrected chi connectivity index (χ0v) is 13.7. The predicted octanol–water partition coefficient (Wildman–Crippen LogP) is 3.28. The Morgan fingerprint density at radius 3 is 2.71 bits per heavy atom. The number of nitrogens with one attached hydrogen (secondary N) is 1. The second-order valence-electron chi connectivity index (χ2n) is 5.72. The average molecular weight is 285 g/mol. The van der Waals surface area contributed by atoms with Gasteiger partial charge in [-0.15, -0.1) is 0 Å². The number of aryl methyl sites for hydroxylation is 3. The lowest BCUT2D eigenvalue weighted by Crippen LogP contribution is -2.34. The van der Waals surface area contributed by atoms with Crippen molar-refractivity contribution < 1.29 is 0 Å². The van der Waals surface area contributed by atoms with E-state index in [1.165, 1.54) is 22.5 Å². The van der Waals surface area contributed by atoms with Crippen molar-refractivity contribution in [3.8, 4) is 0 Å². The Kier molecular flexibility index (Phi) is 5.57. The average Bonchev–Trinajstić information content (AvgIpc) is 2.90. The van der Waals surface area contributed by atoms with E-state index in [9.17, 15) is 0 Å². The molecule has 0 saturated heterocycles. The third-order valence-electron chi connectivity index (χ3n) is 4.04. The Morgan fingerprint density at radius 2 is 2.00 bits per heavy atom. The molecule has 0 saturated carbocycles. The van der Waals surface area contributed by atoms with Crippen molar-refractivity contribution in [2.24, 2.45) is 0 Å². The summed E-state index contributed by atoms with van der Waals surface area (Å²) in [6, 6.07) is 7.15. The number of likely N-dealkylation sites (N-methyl/N-ethyl adjacent to an activating group) is 1.